The fraction of sp³-hybridized carbons (Fsp3) is 0.286. The van der Waals surface area contributed by atoms with Crippen LogP contribution in [0.15, 0.2) is 27.5 Å². The number of ether oxygens (including phenoxy) is 1. The summed E-state index contributed by atoms with van der Waals surface area (Å²) < 4.78 is 5.43. The monoisotopic (exact) mass is 338 g/mol. The molecule has 5 nitrogen and oxygen atoms in total. The number of methoxy groups -OCH3 is 1. The highest BCUT2D eigenvalue weighted by molar-refractivity contribution is 9.10. The number of benzene rings is 1. The minimum atomic E-state index is -0.242. The van der Waals surface area contributed by atoms with E-state index in [-0.39, 0.29) is 17.2 Å². The van der Waals surface area contributed by atoms with Crippen molar-refractivity contribution in [3.63, 3.8) is 0 Å². The summed E-state index contributed by atoms with van der Waals surface area (Å²) in [6, 6.07) is 4.87. The van der Waals surface area contributed by atoms with Crippen molar-refractivity contribution in [2.24, 2.45) is 0 Å². The summed E-state index contributed by atoms with van der Waals surface area (Å²) in [5.74, 6) is 0.899. The Labute approximate surface area is 124 Å². The van der Waals surface area contributed by atoms with Gasteiger partial charge in [0.25, 0.3) is 5.56 Å². The van der Waals surface area contributed by atoms with E-state index in [9.17, 15) is 9.90 Å². The van der Waals surface area contributed by atoms with E-state index in [2.05, 4.69) is 25.9 Å². The molecule has 1 heterocycles. The van der Waals surface area contributed by atoms with Crippen LogP contribution in [0.1, 0.15) is 25.5 Å². The highest BCUT2D eigenvalue weighted by Crippen LogP contribution is 2.30. The van der Waals surface area contributed by atoms with E-state index >= 15 is 0 Å². The largest absolute Gasteiger partial charge is 0.504 e. The summed E-state index contributed by atoms with van der Waals surface area (Å²) >= 11 is 3.25. The molecule has 0 aliphatic carbocycles. The second-order valence-corrected chi connectivity index (χ2v) is 5.45. The number of halogens is 1. The van der Waals surface area contributed by atoms with Crippen LogP contribution in [0.4, 0.5) is 0 Å². The van der Waals surface area contributed by atoms with Crippen LogP contribution in [0, 0.1) is 0 Å². The number of aromatic amines is 1. The number of phenolic OH excluding ortho intramolecular Hbond substituents is 1. The van der Waals surface area contributed by atoms with Crippen molar-refractivity contribution < 1.29 is 9.84 Å². The first kappa shape index (κ1) is 14.6. The number of nitrogens with zero attached hydrogens (tertiary/aromatic N) is 1. The zero-order chi connectivity index (χ0) is 14.9. The van der Waals surface area contributed by atoms with Crippen LogP contribution < -0.4 is 10.3 Å². The summed E-state index contributed by atoms with van der Waals surface area (Å²) in [4.78, 5) is 19.0. The number of nitrogens with one attached hydrogen (secondary N) is 1. The van der Waals surface area contributed by atoms with Crippen molar-refractivity contribution >= 4 is 15.9 Å². The molecule has 0 atom stereocenters. The minimum Gasteiger partial charge on any atom is -0.504 e. The van der Waals surface area contributed by atoms with Crippen molar-refractivity contribution in [1.29, 1.82) is 0 Å². The second-order valence-electron chi connectivity index (χ2n) is 4.66. The van der Waals surface area contributed by atoms with E-state index in [4.69, 9.17) is 4.74 Å². The molecule has 0 unspecified atom stereocenters. The summed E-state index contributed by atoms with van der Waals surface area (Å²) in [6.45, 7) is 3.92. The lowest BCUT2D eigenvalue weighted by Crippen LogP contribution is -2.14. The summed E-state index contributed by atoms with van der Waals surface area (Å²) in [5.41, 5.74) is 1.06. The molecule has 20 heavy (non-hydrogen) atoms. The van der Waals surface area contributed by atoms with Gasteiger partial charge < -0.3 is 14.8 Å². The molecule has 0 radical (unpaired) electrons. The molecule has 0 fully saturated rings. The lowest BCUT2D eigenvalue weighted by atomic mass is 10.1. The Bertz CT molecular complexity index is 695. The predicted molar refractivity (Wildman–Crippen MR) is 80.3 cm³/mol. The topological polar surface area (TPSA) is 75.2 Å². The van der Waals surface area contributed by atoms with Crippen molar-refractivity contribution in [1.82, 2.24) is 9.97 Å². The van der Waals surface area contributed by atoms with E-state index in [1.807, 2.05) is 13.8 Å². The van der Waals surface area contributed by atoms with Crippen LogP contribution in [-0.2, 0) is 0 Å². The van der Waals surface area contributed by atoms with Gasteiger partial charge in [0.2, 0.25) is 0 Å². The molecule has 1 aromatic heterocycles. The van der Waals surface area contributed by atoms with E-state index < -0.39 is 0 Å². The Kier molecular flexibility index (Phi) is 4.13. The fourth-order valence-corrected chi connectivity index (χ4v) is 2.48. The molecule has 106 valence electrons. The lowest BCUT2D eigenvalue weighted by Gasteiger charge is -2.10. The molecule has 0 saturated carbocycles. The number of hydrogen-bond acceptors (Lipinski definition) is 4. The predicted octanol–water partition coefficient (Wildman–Crippen LogP) is 3.04. The molecule has 1 aromatic carbocycles. The third-order valence-electron chi connectivity index (χ3n) is 2.89. The standard InChI is InChI=1S/C14H15BrN2O3/c1-7(2)12-11(15)14(19)17-13(16-12)8-4-5-10(20-3)9(18)6-8/h4-7,18H,1-3H3,(H,16,17,19). The van der Waals surface area contributed by atoms with Crippen molar-refractivity contribution in [2.45, 2.75) is 19.8 Å². The maximum atomic E-state index is 11.9. The maximum absolute atomic E-state index is 11.9. The van der Waals surface area contributed by atoms with Crippen molar-refractivity contribution in [3.05, 3.63) is 38.7 Å². The van der Waals surface area contributed by atoms with Crippen molar-refractivity contribution in [3.8, 4) is 22.9 Å². The van der Waals surface area contributed by atoms with Gasteiger partial charge >= 0.3 is 0 Å². The van der Waals surface area contributed by atoms with Gasteiger partial charge in [-0.25, -0.2) is 4.98 Å². The number of hydrogen-bond donors (Lipinski definition) is 2. The van der Waals surface area contributed by atoms with E-state index in [0.29, 0.717) is 27.3 Å². The third-order valence-corrected chi connectivity index (χ3v) is 3.65. The molecule has 0 amide bonds. The average Bonchev–Trinajstić information content (AvgIpc) is 2.41. The van der Waals surface area contributed by atoms with Crippen LogP contribution in [0.25, 0.3) is 11.4 Å². The summed E-state index contributed by atoms with van der Waals surface area (Å²) in [5, 5.41) is 9.80. The number of H-pyrrole nitrogens is 1. The van der Waals surface area contributed by atoms with Gasteiger partial charge in [0.1, 0.15) is 10.3 Å². The molecule has 0 aliphatic heterocycles. The Morgan fingerprint density at radius 1 is 1.40 bits per heavy atom. The maximum Gasteiger partial charge on any atom is 0.265 e. The number of aromatic hydroxyl groups is 1. The van der Waals surface area contributed by atoms with Gasteiger partial charge in [-0.2, -0.15) is 0 Å². The van der Waals surface area contributed by atoms with Gasteiger partial charge in [-0.15, -0.1) is 0 Å². The zero-order valence-corrected chi connectivity index (χ0v) is 13.0. The quantitative estimate of drug-likeness (QED) is 0.901. The smallest absolute Gasteiger partial charge is 0.265 e. The highest BCUT2D eigenvalue weighted by atomic mass is 79.9. The second kappa shape index (κ2) is 5.66. The highest BCUT2D eigenvalue weighted by Gasteiger charge is 2.14. The first-order valence-corrected chi connectivity index (χ1v) is 6.90. The van der Waals surface area contributed by atoms with Gasteiger partial charge in [-0.05, 0) is 40.0 Å². The number of rotatable bonds is 3. The zero-order valence-electron chi connectivity index (χ0n) is 11.4. The molecule has 0 bridgehead atoms. The normalized spacial score (nSPS) is 10.8. The third kappa shape index (κ3) is 2.70. The molecule has 2 rings (SSSR count). The van der Waals surface area contributed by atoms with Crippen LogP contribution >= 0.6 is 15.9 Å². The number of phenols is 1. The number of aromatic nitrogens is 2. The van der Waals surface area contributed by atoms with Gasteiger partial charge in [0.15, 0.2) is 11.5 Å². The lowest BCUT2D eigenvalue weighted by molar-refractivity contribution is 0.373. The molecule has 6 heteroatoms. The Balaban J connectivity index is 2.58. The van der Waals surface area contributed by atoms with Crippen LogP contribution in [0.2, 0.25) is 0 Å². The molecular formula is C14H15BrN2O3. The van der Waals surface area contributed by atoms with E-state index in [0.717, 1.165) is 0 Å². The molecule has 0 saturated heterocycles. The first-order chi connectivity index (χ1) is 9.43. The first-order valence-electron chi connectivity index (χ1n) is 6.11. The van der Waals surface area contributed by atoms with E-state index in [1.54, 1.807) is 12.1 Å². The van der Waals surface area contributed by atoms with E-state index in [1.165, 1.54) is 13.2 Å². The molecule has 0 aliphatic rings. The Hall–Kier alpha value is -1.82. The van der Waals surface area contributed by atoms with Gasteiger partial charge in [-0.1, -0.05) is 13.8 Å². The molecule has 2 aromatic rings. The Morgan fingerprint density at radius 2 is 2.10 bits per heavy atom. The molecule has 0 spiro atoms. The summed E-state index contributed by atoms with van der Waals surface area (Å²) in [6.07, 6.45) is 0. The molecule has 2 N–H and O–H groups in total. The van der Waals surface area contributed by atoms with Gasteiger partial charge in [-0.3, -0.25) is 4.79 Å². The average molecular weight is 339 g/mol. The fourth-order valence-electron chi connectivity index (χ4n) is 1.83. The molecular weight excluding hydrogens is 324 g/mol. The van der Waals surface area contributed by atoms with Crippen LogP contribution in [-0.4, -0.2) is 22.2 Å². The van der Waals surface area contributed by atoms with Crippen LogP contribution in [0.5, 0.6) is 11.5 Å². The summed E-state index contributed by atoms with van der Waals surface area (Å²) in [7, 11) is 1.48. The minimum absolute atomic E-state index is 0.00154. The Morgan fingerprint density at radius 3 is 2.65 bits per heavy atom. The van der Waals surface area contributed by atoms with Gasteiger partial charge in [0, 0.05) is 5.56 Å². The SMILES string of the molecule is COc1ccc(-c2nc(C(C)C)c(Br)c(=O)[nH]2)cc1O. The van der Waals surface area contributed by atoms with Gasteiger partial charge in [0.05, 0.1) is 12.8 Å². The van der Waals surface area contributed by atoms with Crippen LogP contribution in [0.3, 0.4) is 0 Å². The van der Waals surface area contributed by atoms with Crippen molar-refractivity contribution in [2.75, 3.05) is 7.11 Å².